The fourth-order valence-corrected chi connectivity index (χ4v) is 0.441. The minimum atomic E-state index is -0.344. The molecule has 0 saturated carbocycles. The molecule has 3 nitrogen and oxygen atoms in total. The third-order valence-electron chi connectivity index (χ3n) is 1.10. The lowest BCUT2D eigenvalue weighted by atomic mass is 10.1. The Labute approximate surface area is 54.9 Å². The number of hydrogen-bond acceptors (Lipinski definition) is 2. The van der Waals surface area contributed by atoms with Gasteiger partial charge in [0.25, 0.3) is 0 Å². The van der Waals surface area contributed by atoms with Gasteiger partial charge in [-0.05, 0) is 12.8 Å². The summed E-state index contributed by atoms with van der Waals surface area (Å²) in [6, 6.07) is 0. The summed E-state index contributed by atoms with van der Waals surface area (Å²) in [4.78, 5) is 10.3. The van der Waals surface area contributed by atoms with Crippen molar-refractivity contribution in [3.05, 3.63) is 6.42 Å². The molecule has 0 aromatic rings. The molecule has 3 heteroatoms. The first-order chi connectivity index (χ1) is 4.18. The van der Waals surface area contributed by atoms with E-state index in [0.717, 1.165) is 0 Å². The Balaban J connectivity index is 3.27. The summed E-state index contributed by atoms with van der Waals surface area (Å²) < 4.78 is 0. The maximum Gasteiger partial charge on any atom is 0.220 e. The Morgan fingerprint density at radius 1 is 1.89 bits per heavy atom. The lowest BCUT2D eigenvalue weighted by Crippen LogP contribution is -2.20. The van der Waals surface area contributed by atoms with E-state index in [1.165, 1.54) is 0 Å². The van der Waals surface area contributed by atoms with Crippen molar-refractivity contribution in [3.8, 4) is 0 Å². The summed E-state index contributed by atoms with van der Waals surface area (Å²) in [5.74, 6) is -0.569. The second-order valence-corrected chi connectivity index (χ2v) is 1.94. The lowest BCUT2D eigenvalue weighted by Gasteiger charge is -2.02. The van der Waals surface area contributed by atoms with E-state index in [-0.39, 0.29) is 18.4 Å². The molecule has 53 valence electrons. The number of amides is 1. The van der Waals surface area contributed by atoms with Crippen molar-refractivity contribution < 1.29 is 9.90 Å². The van der Waals surface area contributed by atoms with Crippen LogP contribution in [0.3, 0.4) is 0 Å². The molecule has 0 spiro atoms. The highest BCUT2D eigenvalue weighted by Crippen LogP contribution is 2.00. The molecule has 1 amide bonds. The third-order valence-corrected chi connectivity index (χ3v) is 1.10. The van der Waals surface area contributed by atoms with Gasteiger partial charge < -0.3 is 10.8 Å². The van der Waals surface area contributed by atoms with E-state index in [1.54, 1.807) is 13.3 Å². The second-order valence-electron chi connectivity index (χ2n) is 1.94. The van der Waals surface area contributed by atoms with Gasteiger partial charge in [0.1, 0.15) is 0 Å². The summed E-state index contributed by atoms with van der Waals surface area (Å²) >= 11 is 0. The Morgan fingerprint density at radius 2 is 2.44 bits per heavy atom. The Morgan fingerprint density at radius 3 is 2.78 bits per heavy atom. The van der Waals surface area contributed by atoms with Crippen molar-refractivity contribution in [2.24, 2.45) is 11.7 Å². The van der Waals surface area contributed by atoms with Crippen molar-refractivity contribution >= 4 is 5.91 Å². The predicted octanol–water partition coefficient (Wildman–Crippen LogP) is -0.306. The van der Waals surface area contributed by atoms with Gasteiger partial charge >= 0.3 is 0 Å². The Kier molecular flexibility index (Phi) is 4.05. The predicted molar refractivity (Wildman–Crippen MR) is 34.4 cm³/mol. The smallest absolute Gasteiger partial charge is 0.220 e. The van der Waals surface area contributed by atoms with Crippen LogP contribution in [0.1, 0.15) is 13.3 Å². The van der Waals surface area contributed by atoms with Gasteiger partial charge in [-0.1, -0.05) is 6.92 Å². The van der Waals surface area contributed by atoms with Crippen molar-refractivity contribution in [1.82, 2.24) is 0 Å². The van der Waals surface area contributed by atoms with E-state index >= 15 is 0 Å². The van der Waals surface area contributed by atoms with Gasteiger partial charge in [0.05, 0.1) is 0 Å². The zero-order valence-electron chi connectivity index (χ0n) is 5.50. The molecular formula is C6H12NO2. The van der Waals surface area contributed by atoms with Crippen molar-refractivity contribution in [2.45, 2.75) is 13.3 Å². The molecule has 0 aliphatic heterocycles. The zero-order valence-corrected chi connectivity index (χ0v) is 5.50. The van der Waals surface area contributed by atoms with Crippen LogP contribution in [0, 0.1) is 12.3 Å². The average Bonchev–Trinajstić information content (AvgIpc) is 1.82. The monoisotopic (exact) mass is 130 g/mol. The van der Waals surface area contributed by atoms with Gasteiger partial charge in [-0.2, -0.15) is 0 Å². The van der Waals surface area contributed by atoms with Crippen LogP contribution in [-0.2, 0) is 4.79 Å². The average molecular weight is 130 g/mol. The molecule has 1 radical (unpaired) electrons. The molecule has 0 aliphatic rings. The molecule has 1 atom stereocenters. The van der Waals surface area contributed by atoms with E-state index in [4.69, 9.17) is 10.8 Å². The molecule has 0 aromatic heterocycles. The summed E-state index contributed by atoms with van der Waals surface area (Å²) in [5, 5.41) is 8.31. The van der Waals surface area contributed by atoms with Crippen LogP contribution in [0.2, 0.25) is 0 Å². The maximum atomic E-state index is 10.3. The minimum absolute atomic E-state index is 0.0810. The molecule has 1 unspecified atom stereocenters. The molecule has 9 heavy (non-hydrogen) atoms. The molecule has 0 aromatic carbocycles. The number of rotatable bonds is 4. The molecule has 0 saturated heterocycles. The van der Waals surface area contributed by atoms with Crippen LogP contribution in [0.5, 0.6) is 0 Å². The molecule has 0 aliphatic carbocycles. The first kappa shape index (κ1) is 8.43. The van der Waals surface area contributed by atoms with Crippen molar-refractivity contribution in [2.75, 3.05) is 6.61 Å². The SMILES string of the molecule is CC([CH]CCO)C(N)=O. The molecule has 0 rings (SSSR count). The molecule has 0 bridgehead atoms. The summed E-state index contributed by atoms with van der Waals surface area (Å²) in [6.07, 6.45) is 2.23. The van der Waals surface area contributed by atoms with Crippen molar-refractivity contribution in [1.29, 1.82) is 0 Å². The van der Waals surface area contributed by atoms with Crippen LogP contribution in [-0.4, -0.2) is 17.6 Å². The normalized spacial score (nSPS) is 13.1. The van der Waals surface area contributed by atoms with Gasteiger partial charge in [0.2, 0.25) is 5.91 Å². The number of nitrogens with two attached hydrogens (primary N) is 1. The quantitative estimate of drug-likeness (QED) is 0.548. The summed E-state index contributed by atoms with van der Waals surface area (Å²) in [6.45, 7) is 1.79. The highest BCUT2D eigenvalue weighted by molar-refractivity contribution is 5.77. The van der Waals surface area contributed by atoms with E-state index in [0.29, 0.717) is 6.42 Å². The van der Waals surface area contributed by atoms with Crippen LogP contribution < -0.4 is 5.73 Å². The number of aliphatic hydroxyl groups excluding tert-OH is 1. The first-order valence-electron chi connectivity index (χ1n) is 2.92. The number of carbonyl (C=O) groups excluding carboxylic acids is 1. The van der Waals surface area contributed by atoms with Crippen LogP contribution >= 0.6 is 0 Å². The number of primary amides is 1. The summed E-state index contributed by atoms with van der Waals surface area (Å²) in [7, 11) is 0. The molecular weight excluding hydrogens is 118 g/mol. The number of hydrogen-bond donors (Lipinski definition) is 2. The van der Waals surface area contributed by atoms with Gasteiger partial charge in [-0.3, -0.25) is 4.79 Å². The second kappa shape index (κ2) is 4.32. The van der Waals surface area contributed by atoms with Gasteiger partial charge in [0, 0.05) is 12.5 Å². The standard InChI is InChI=1S/C6H12NO2/c1-5(6(7)9)3-2-4-8/h3,5,8H,2,4H2,1H3,(H2,7,9). The molecule has 0 fully saturated rings. The fraction of sp³-hybridized carbons (Fsp3) is 0.667. The largest absolute Gasteiger partial charge is 0.396 e. The van der Waals surface area contributed by atoms with E-state index in [2.05, 4.69) is 0 Å². The maximum absolute atomic E-state index is 10.3. The Hall–Kier alpha value is -0.570. The molecule has 3 N–H and O–H groups in total. The lowest BCUT2D eigenvalue weighted by molar-refractivity contribution is -0.120. The summed E-state index contributed by atoms with van der Waals surface area (Å²) in [5.41, 5.74) is 4.92. The van der Waals surface area contributed by atoms with E-state index in [1.807, 2.05) is 0 Å². The fourth-order valence-electron chi connectivity index (χ4n) is 0.441. The van der Waals surface area contributed by atoms with Crippen molar-refractivity contribution in [3.63, 3.8) is 0 Å². The van der Waals surface area contributed by atoms with Crippen LogP contribution in [0.15, 0.2) is 0 Å². The highest BCUT2D eigenvalue weighted by Gasteiger charge is 2.06. The minimum Gasteiger partial charge on any atom is -0.396 e. The van der Waals surface area contributed by atoms with E-state index < -0.39 is 0 Å². The Bertz CT molecular complexity index is 93.1. The van der Waals surface area contributed by atoms with Gasteiger partial charge in [0.15, 0.2) is 0 Å². The highest BCUT2D eigenvalue weighted by atomic mass is 16.2. The zero-order chi connectivity index (χ0) is 7.28. The third kappa shape index (κ3) is 3.97. The molecule has 0 heterocycles. The first-order valence-corrected chi connectivity index (χ1v) is 2.92. The van der Waals surface area contributed by atoms with Crippen LogP contribution in [0.4, 0.5) is 0 Å². The number of aliphatic hydroxyl groups is 1. The number of carbonyl (C=O) groups is 1. The van der Waals surface area contributed by atoms with Gasteiger partial charge in [-0.15, -0.1) is 0 Å². The topological polar surface area (TPSA) is 63.3 Å². The van der Waals surface area contributed by atoms with Crippen LogP contribution in [0.25, 0.3) is 0 Å². The van der Waals surface area contributed by atoms with Gasteiger partial charge in [-0.25, -0.2) is 0 Å². The van der Waals surface area contributed by atoms with E-state index in [9.17, 15) is 4.79 Å².